The molecule has 0 saturated carbocycles. The number of nitrogens with two attached hydrogens (primary N) is 1. The van der Waals surface area contributed by atoms with Crippen LogP contribution >= 0.6 is 0 Å². The lowest BCUT2D eigenvalue weighted by Crippen LogP contribution is -2.52. The fourth-order valence-corrected chi connectivity index (χ4v) is 3.64. The van der Waals surface area contributed by atoms with Crippen LogP contribution in [0.15, 0.2) is 29.2 Å². The Balaban J connectivity index is 3.31. The molecule has 1 aromatic rings. The van der Waals surface area contributed by atoms with E-state index >= 15 is 0 Å². The van der Waals surface area contributed by atoms with Crippen LogP contribution in [0.2, 0.25) is 0 Å². The Morgan fingerprint density at radius 2 is 1.71 bits per heavy atom. The number of hydrogen-bond donors (Lipinski definition) is 2. The number of likely N-dealkylation sites (N-methyl/N-ethyl adjacent to an activating group) is 1. The monoisotopic (exact) mass is 314 g/mol. The van der Waals surface area contributed by atoms with Crippen LogP contribution in [0.25, 0.3) is 0 Å². The number of benzene rings is 1. The molecule has 3 N–H and O–H groups in total. The molecule has 0 aliphatic heterocycles. The minimum Gasteiger partial charge on any atom is -0.480 e. The normalized spacial score (nSPS) is 12.4. The van der Waals surface area contributed by atoms with Gasteiger partial charge < -0.3 is 10.8 Å². The van der Waals surface area contributed by atoms with Crippen molar-refractivity contribution in [1.29, 1.82) is 0 Å². The Morgan fingerprint density at radius 3 is 2.05 bits per heavy atom. The van der Waals surface area contributed by atoms with Crippen LogP contribution in [-0.2, 0) is 14.8 Å². The molecule has 0 spiro atoms. The van der Waals surface area contributed by atoms with Crippen LogP contribution in [0.4, 0.5) is 0 Å². The Bertz CT molecular complexity index is 650. The summed E-state index contributed by atoms with van der Waals surface area (Å²) >= 11 is 0. The molecule has 21 heavy (non-hydrogen) atoms. The summed E-state index contributed by atoms with van der Waals surface area (Å²) in [5, 5.41) is 9.20. The summed E-state index contributed by atoms with van der Waals surface area (Å²) < 4.78 is 26.0. The third kappa shape index (κ3) is 3.22. The predicted molar refractivity (Wildman–Crippen MR) is 76.2 cm³/mol. The molecule has 0 aliphatic rings. The quantitative estimate of drug-likeness (QED) is 0.799. The van der Waals surface area contributed by atoms with E-state index in [0.29, 0.717) is 0 Å². The average molecular weight is 314 g/mol. The van der Waals surface area contributed by atoms with E-state index in [9.17, 15) is 23.1 Å². The van der Waals surface area contributed by atoms with Crippen LogP contribution in [0.1, 0.15) is 31.1 Å². The number of nitrogens with zero attached hydrogens (tertiary/aromatic N) is 1. The van der Waals surface area contributed by atoms with Gasteiger partial charge in [0.05, 0.1) is 4.90 Å². The minimum absolute atomic E-state index is 0.000789. The molecule has 1 rings (SSSR count). The highest BCUT2D eigenvalue weighted by atomic mass is 32.2. The number of primary amides is 1. The zero-order valence-corrected chi connectivity index (χ0v) is 12.8. The van der Waals surface area contributed by atoms with Gasteiger partial charge in [-0.1, -0.05) is 6.92 Å². The lowest BCUT2D eigenvalue weighted by atomic mass is 10.1. The molecule has 0 unspecified atom stereocenters. The number of carbonyl (C=O) groups is 2. The summed E-state index contributed by atoms with van der Waals surface area (Å²) in [5.74, 6) is -1.92. The van der Waals surface area contributed by atoms with Gasteiger partial charge in [0.1, 0.15) is 5.54 Å². The van der Waals surface area contributed by atoms with E-state index in [4.69, 9.17) is 5.73 Å². The van der Waals surface area contributed by atoms with E-state index in [0.717, 1.165) is 4.31 Å². The maximum atomic E-state index is 12.5. The Labute approximate surface area is 123 Å². The van der Waals surface area contributed by atoms with Crippen molar-refractivity contribution in [1.82, 2.24) is 4.31 Å². The number of rotatable bonds is 6. The molecule has 0 fully saturated rings. The van der Waals surface area contributed by atoms with Crippen LogP contribution in [0.5, 0.6) is 0 Å². The molecule has 0 aliphatic carbocycles. The van der Waals surface area contributed by atoms with E-state index in [1.807, 2.05) is 0 Å². The third-order valence-electron chi connectivity index (χ3n) is 3.16. The van der Waals surface area contributed by atoms with Gasteiger partial charge in [-0.3, -0.25) is 9.59 Å². The fourth-order valence-electron chi connectivity index (χ4n) is 1.89. The van der Waals surface area contributed by atoms with Crippen molar-refractivity contribution in [2.24, 2.45) is 5.73 Å². The van der Waals surface area contributed by atoms with Crippen molar-refractivity contribution in [3.8, 4) is 0 Å². The van der Waals surface area contributed by atoms with E-state index < -0.39 is 27.4 Å². The number of carboxylic acids is 1. The van der Waals surface area contributed by atoms with E-state index in [2.05, 4.69) is 0 Å². The van der Waals surface area contributed by atoms with E-state index in [1.165, 1.54) is 38.1 Å². The number of hydrogen-bond acceptors (Lipinski definition) is 4. The van der Waals surface area contributed by atoms with Crippen LogP contribution in [0.3, 0.4) is 0 Å². The second-order valence-electron chi connectivity index (χ2n) is 4.92. The summed E-state index contributed by atoms with van der Waals surface area (Å²) in [4.78, 5) is 22.2. The first-order chi connectivity index (χ1) is 9.55. The Morgan fingerprint density at radius 1 is 1.24 bits per heavy atom. The van der Waals surface area contributed by atoms with Crippen molar-refractivity contribution < 1.29 is 23.1 Å². The topological polar surface area (TPSA) is 118 Å². The lowest BCUT2D eigenvalue weighted by Gasteiger charge is -2.33. The standard InChI is InChI=1S/C13H18N2O5S/c1-4-15(13(2,3)12(17)18)21(19,20)10-7-5-9(6-8-10)11(14)16/h5-8H,4H2,1-3H3,(H2,14,16)(H,17,18). The number of sulfonamides is 1. The molecule has 0 heterocycles. The second-order valence-corrected chi connectivity index (χ2v) is 6.78. The number of aliphatic carboxylic acids is 1. The summed E-state index contributed by atoms with van der Waals surface area (Å²) in [5.41, 5.74) is 3.68. The van der Waals surface area contributed by atoms with Crippen LogP contribution in [0, 0.1) is 0 Å². The van der Waals surface area contributed by atoms with Crippen molar-refractivity contribution >= 4 is 21.9 Å². The van der Waals surface area contributed by atoms with Gasteiger partial charge in [-0.05, 0) is 38.1 Å². The predicted octanol–water partition coefficient (Wildman–Crippen LogP) is 0.659. The van der Waals surface area contributed by atoms with Gasteiger partial charge in [-0.2, -0.15) is 4.31 Å². The number of amides is 1. The highest BCUT2D eigenvalue weighted by molar-refractivity contribution is 7.89. The molecule has 0 bridgehead atoms. The maximum Gasteiger partial charge on any atom is 0.324 e. The first-order valence-electron chi connectivity index (χ1n) is 6.21. The first-order valence-corrected chi connectivity index (χ1v) is 7.65. The highest BCUT2D eigenvalue weighted by Gasteiger charge is 2.41. The third-order valence-corrected chi connectivity index (χ3v) is 5.32. The van der Waals surface area contributed by atoms with Crippen LogP contribution < -0.4 is 5.73 Å². The number of carboxylic acid groups (broad SMARTS) is 1. The largest absolute Gasteiger partial charge is 0.480 e. The summed E-state index contributed by atoms with van der Waals surface area (Å²) in [6, 6.07) is 5.04. The Hall–Kier alpha value is -1.93. The fraction of sp³-hybridized carbons (Fsp3) is 0.385. The summed E-state index contributed by atoms with van der Waals surface area (Å²) in [7, 11) is -4.00. The summed E-state index contributed by atoms with van der Waals surface area (Å²) in [6.07, 6.45) is 0. The molecule has 116 valence electrons. The minimum atomic E-state index is -4.00. The molecule has 1 amide bonds. The molecule has 0 radical (unpaired) electrons. The van der Waals surface area contributed by atoms with E-state index in [1.54, 1.807) is 6.92 Å². The first kappa shape index (κ1) is 17.1. The van der Waals surface area contributed by atoms with Crippen molar-refractivity contribution in [2.75, 3.05) is 6.54 Å². The SMILES string of the molecule is CCN(C(C)(C)C(=O)O)S(=O)(=O)c1ccc(C(N)=O)cc1. The Kier molecular flexibility index (Phi) is 4.75. The smallest absolute Gasteiger partial charge is 0.324 e. The molecule has 0 atom stereocenters. The average Bonchev–Trinajstić information content (AvgIpc) is 2.38. The van der Waals surface area contributed by atoms with Gasteiger partial charge in [0, 0.05) is 12.1 Å². The zero-order valence-electron chi connectivity index (χ0n) is 12.0. The van der Waals surface area contributed by atoms with Gasteiger partial charge in [-0.25, -0.2) is 8.42 Å². The van der Waals surface area contributed by atoms with Crippen molar-refractivity contribution in [3.05, 3.63) is 29.8 Å². The molecule has 0 aromatic heterocycles. The van der Waals surface area contributed by atoms with Gasteiger partial charge in [0.25, 0.3) is 0 Å². The maximum absolute atomic E-state index is 12.5. The molecular formula is C13H18N2O5S. The van der Waals surface area contributed by atoms with Gasteiger partial charge in [-0.15, -0.1) is 0 Å². The highest BCUT2D eigenvalue weighted by Crippen LogP contribution is 2.25. The van der Waals surface area contributed by atoms with E-state index in [-0.39, 0.29) is 17.0 Å². The molecule has 8 heteroatoms. The second kappa shape index (κ2) is 5.82. The van der Waals surface area contributed by atoms with Crippen LogP contribution in [-0.4, -0.2) is 41.8 Å². The van der Waals surface area contributed by atoms with Crippen molar-refractivity contribution in [2.45, 2.75) is 31.2 Å². The van der Waals surface area contributed by atoms with Gasteiger partial charge >= 0.3 is 5.97 Å². The van der Waals surface area contributed by atoms with Gasteiger partial charge in [0.15, 0.2) is 0 Å². The molecular weight excluding hydrogens is 296 g/mol. The lowest BCUT2D eigenvalue weighted by molar-refractivity contribution is -0.146. The number of carbonyl (C=O) groups excluding carboxylic acids is 1. The molecule has 7 nitrogen and oxygen atoms in total. The molecule has 1 aromatic carbocycles. The van der Waals surface area contributed by atoms with Gasteiger partial charge in [0.2, 0.25) is 15.9 Å². The zero-order chi connectivity index (χ0) is 16.4. The van der Waals surface area contributed by atoms with Crippen molar-refractivity contribution in [3.63, 3.8) is 0 Å². The molecule has 0 saturated heterocycles. The summed E-state index contributed by atoms with van der Waals surface area (Å²) in [6.45, 7) is 4.18.